The molecule has 2 rings (SSSR count). The summed E-state index contributed by atoms with van der Waals surface area (Å²) in [5.74, 6) is -0.718. The number of benzene rings is 1. The van der Waals surface area contributed by atoms with Gasteiger partial charge in [-0.2, -0.15) is 5.10 Å². The fraction of sp³-hybridized carbons (Fsp3) is 0.273. The second kappa shape index (κ2) is 4.98. The third-order valence-corrected chi connectivity index (χ3v) is 3.42. The maximum atomic E-state index is 11.9. The van der Waals surface area contributed by atoms with Crippen LogP contribution < -0.4 is 10.5 Å². The summed E-state index contributed by atoms with van der Waals surface area (Å²) >= 11 is 0. The highest BCUT2D eigenvalue weighted by Crippen LogP contribution is 2.16. The first-order chi connectivity index (χ1) is 8.88. The summed E-state index contributed by atoms with van der Waals surface area (Å²) in [6.07, 6.45) is 0. The van der Waals surface area contributed by atoms with Crippen molar-refractivity contribution in [1.82, 2.24) is 15.1 Å². The zero-order valence-corrected chi connectivity index (χ0v) is 11.1. The molecule has 0 unspecified atom stereocenters. The smallest absolute Gasteiger partial charge is 0.272 e. The lowest BCUT2D eigenvalue weighted by atomic mass is 10.2. The van der Waals surface area contributed by atoms with E-state index in [-0.39, 0.29) is 18.0 Å². The molecule has 0 saturated heterocycles. The maximum Gasteiger partial charge on any atom is 0.272 e. The number of fused-ring (bicyclic) bond motifs is 1. The van der Waals surface area contributed by atoms with Gasteiger partial charge < -0.3 is 5.32 Å². The van der Waals surface area contributed by atoms with Crippen molar-refractivity contribution >= 4 is 26.8 Å². The molecule has 1 heterocycles. The van der Waals surface area contributed by atoms with E-state index in [1.54, 1.807) is 17.8 Å². The number of aromatic nitrogens is 2. The topological polar surface area (TPSA) is 107 Å². The Bertz CT molecular complexity index is 721. The minimum Gasteiger partial charge on any atom is -0.350 e. The number of nitrogens with one attached hydrogen (secondary N) is 1. The Hall–Kier alpha value is -1.93. The molecule has 1 aromatic carbocycles. The Morgan fingerprint density at radius 1 is 1.42 bits per heavy atom. The predicted molar refractivity (Wildman–Crippen MR) is 71.0 cm³/mol. The highest BCUT2D eigenvalue weighted by Gasteiger charge is 2.15. The summed E-state index contributed by atoms with van der Waals surface area (Å²) in [5, 5.41) is 12.2. The van der Waals surface area contributed by atoms with Crippen LogP contribution in [0.5, 0.6) is 0 Å². The van der Waals surface area contributed by atoms with Crippen LogP contribution >= 0.6 is 0 Å². The summed E-state index contributed by atoms with van der Waals surface area (Å²) < 4.78 is 23.1. The average molecular weight is 282 g/mol. The Morgan fingerprint density at radius 2 is 2.11 bits per heavy atom. The maximum absolute atomic E-state index is 11.9. The van der Waals surface area contributed by atoms with E-state index < -0.39 is 15.9 Å². The van der Waals surface area contributed by atoms with Crippen molar-refractivity contribution in [3.8, 4) is 0 Å². The monoisotopic (exact) mass is 282 g/mol. The van der Waals surface area contributed by atoms with E-state index in [4.69, 9.17) is 5.14 Å². The molecule has 0 atom stereocenters. The number of primary sulfonamides is 1. The molecular formula is C11H14N4O3S. The van der Waals surface area contributed by atoms with Crippen molar-refractivity contribution in [2.45, 2.75) is 0 Å². The molecule has 0 aliphatic heterocycles. The molecule has 0 bridgehead atoms. The molecule has 0 saturated carbocycles. The van der Waals surface area contributed by atoms with Crippen LogP contribution in [0.3, 0.4) is 0 Å². The number of nitrogens with zero attached hydrogens (tertiary/aromatic N) is 2. The Kier molecular flexibility index (Phi) is 3.54. The standard InChI is InChI=1S/C11H14N4O3S/c1-15-9-5-3-2-4-8(9)10(14-15)11(16)13-6-7-19(12,17)18/h2-5H,6-7H2,1H3,(H,13,16)(H2,12,17,18). The molecule has 0 fully saturated rings. The lowest BCUT2D eigenvalue weighted by Gasteiger charge is -2.01. The predicted octanol–water partition coefficient (Wildman–Crippen LogP) is -0.408. The van der Waals surface area contributed by atoms with Crippen molar-refractivity contribution in [3.05, 3.63) is 30.0 Å². The number of carbonyl (C=O) groups is 1. The van der Waals surface area contributed by atoms with E-state index in [9.17, 15) is 13.2 Å². The molecular weight excluding hydrogens is 268 g/mol. The largest absolute Gasteiger partial charge is 0.350 e. The molecule has 102 valence electrons. The van der Waals surface area contributed by atoms with Crippen molar-refractivity contribution in [3.63, 3.8) is 0 Å². The van der Waals surface area contributed by atoms with Crippen LogP contribution in [0.2, 0.25) is 0 Å². The van der Waals surface area contributed by atoms with Crippen LogP contribution in [-0.4, -0.2) is 36.4 Å². The Labute approximate surface area is 110 Å². The van der Waals surface area contributed by atoms with Crippen molar-refractivity contribution in [1.29, 1.82) is 0 Å². The van der Waals surface area contributed by atoms with E-state index in [0.29, 0.717) is 0 Å². The second-order valence-corrected chi connectivity index (χ2v) is 5.85. The first-order valence-electron chi connectivity index (χ1n) is 5.59. The molecule has 0 aliphatic rings. The van der Waals surface area contributed by atoms with Gasteiger partial charge in [0.2, 0.25) is 10.0 Å². The van der Waals surface area contributed by atoms with Gasteiger partial charge in [0, 0.05) is 19.0 Å². The van der Waals surface area contributed by atoms with Gasteiger partial charge in [0.25, 0.3) is 5.91 Å². The van der Waals surface area contributed by atoms with Gasteiger partial charge in [0.15, 0.2) is 5.69 Å². The van der Waals surface area contributed by atoms with Crippen LogP contribution in [0.25, 0.3) is 10.9 Å². The first-order valence-corrected chi connectivity index (χ1v) is 7.30. The van der Waals surface area contributed by atoms with Gasteiger partial charge in [0.1, 0.15) is 0 Å². The molecule has 0 radical (unpaired) electrons. The second-order valence-electron chi connectivity index (χ2n) is 4.11. The minimum atomic E-state index is -3.58. The zero-order valence-electron chi connectivity index (χ0n) is 10.3. The number of sulfonamides is 1. The average Bonchev–Trinajstić information content (AvgIpc) is 2.66. The van der Waals surface area contributed by atoms with E-state index in [2.05, 4.69) is 10.4 Å². The molecule has 19 heavy (non-hydrogen) atoms. The van der Waals surface area contributed by atoms with Crippen LogP contribution in [0.4, 0.5) is 0 Å². The van der Waals surface area contributed by atoms with Gasteiger partial charge in [-0.05, 0) is 6.07 Å². The molecule has 2 aromatic rings. The normalized spacial score (nSPS) is 11.7. The van der Waals surface area contributed by atoms with Gasteiger partial charge in [0.05, 0.1) is 11.3 Å². The number of hydrogen-bond donors (Lipinski definition) is 2. The summed E-state index contributed by atoms with van der Waals surface area (Å²) in [6.45, 7) is -0.0391. The van der Waals surface area contributed by atoms with Gasteiger partial charge in [-0.15, -0.1) is 0 Å². The Morgan fingerprint density at radius 3 is 2.79 bits per heavy atom. The molecule has 1 amide bonds. The minimum absolute atomic E-state index is 0.0391. The van der Waals surface area contributed by atoms with Crippen LogP contribution in [0.1, 0.15) is 10.5 Å². The highest BCUT2D eigenvalue weighted by molar-refractivity contribution is 7.89. The summed E-state index contributed by atoms with van der Waals surface area (Å²) in [6, 6.07) is 7.30. The summed E-state index contributed by atoms with van der Waals surface area (Å²) in [4.78, 5) is 11.9. The van der Waals surface area contributed by atoms with Crippen LogP contribution in [-0.2, 0) is 17.1 Å². The van der Waals surface area contributed by atoms with Crippen molar-refractivity contribution in [2.24, 2.45) is 12.2 Å². The fourth-order valence-electron chi connectivity index (χ4n) is 1.77. The van der Waals surface area contributed by atoms with E-state index >= 15 is 0 Å². The number of rotatable bonds is 4. The number of para-hydroxylation sites is 1. The highest BCUT2D eigenvalue weighted by atomic mass is 32.2. The SMILES string of the molecule is Cn1nc(C(=O)NCCS(N)(=O)=O)c2ccccc21. The third kappa shape index (κ3) is 3.09. The van der Waals surface area contributed by atoms with Gasteiger partial charge in [-0.1, -0.05) is 18.2 Å². The van der Waals surface area contributed by atoms with E-state index in [1.165, 1.54) is 0 Å². The summed E-state index contributed by atoms with van der Waals surface area (Å²) in [7, 11) is -1.84. The quantitative estimate of drug-likeness (QED) is 0.795. The molecule has 7 nitrogen and oxygen atoms in total. The number of carbonyl (C=O) groups excluding carboxylic acids is 1. The third-order valence-electron chi connectivity index (χ3n) is 2.65. The Balaban J connectivity index is 2.18. The molecule has 8 heteroatoms. The molecule has 0 aliphatic carbocycles. The summed E-state index contributed by atoms with van der Waals surface area (Å²) in [5.41, 5.74) is 1.10. The molecule has 3 N–H and O–H groups in total. The van der Waals surface area contributed by atoms with Crippen LogP contribution in [0, 0.1) is 0 Å². The fourth-order valence-corrected chi connectivity index (χ4v) is 2.16. The van der Waals surface area contributed by atoms with Gasteiger partial charge in [-0.3, -0.25) is 9.48 Å². The molecule has 1 aromatic heterocycles. The van der Waals surface area contributed by atoms with Crippen LogP contribution in [0.15, 0.2) is 24.3 Å². The van der Waals surface area contributed by atoms with Crippen molar-refractivity contribution < 1.29 is 13.2 Å². The number of amides is 1. The number of hydrogen-bond acceptors (Lipinski definition) is 4. The van der Waals surface area contributed by atoms with E-state index in [1.807, 2.05) is 18.2 Å². The van der Waals surface area contributed by atoms with Gasteiger partial charge in [-0.25, -0.2) is 13.6 Å². The number of aryl methyl sites for hydroxylation is 1. The van der Waals surface area contributed by atoms with Gasteiger partial charge >= 0.3 is 0 Å². The zero-order chi connectivity index (χ0) is 14.0. The lowest BCUT2D eigenvalue weighted by molar-refractivity contribution is 0.0952. The van der Waals surface area contributed by atoms with E-state index in [0.717, 1.165) is 10.9 Å². The lowest BCUT2D eigenvalue weighted by Crippen LogP contribution is -2.31. The first kappa shape index (κ1) is 13.5. The number of nitrogens with two attached hydrogens (primary N) is 1. The molecule has 0 spiro atoms. The van der Waals surface area contributed by atoms with Crippen molar-refractivity contribution in [2.75, 3.05) is 12.3 Å².